The summed E-state index contributed by atoms with van der Waals surface area (Å²) in [5.74, 6) is 0.207. The third kappa shape index (κ3) is 5.11. The molecule has 1 heterocycles. The molecule has 0 aromatic carbocycles. The van der Waals surface area contributed by atoms with Gasteiger partial charge in [0.25, 0.3) is 0 Å². The molecule has 0 aromatic heterocycles. The first kappa shape index (κ1) is 13.0. The minimum Gasteiger partial charge on any atom is -0.469 e. The lowest BCUT2D eigenvalue weighted by molar-refractivity contribution is -0.140. The summed E-state index contributed by atoms with van der Waals surface area (Å²) in [4.78, 5) is 10.8. The quantitative estimate of drug-likeness (QED) is 0.504. The van der Waals surface area contributed by atoms with Gasteiger partial charge in [0.05, 0.1) is 7.11 Å². The number of rotatable bonds is 7. The Morgan fingerprint density at radius 2 is 2.12 bits per heavy atom. The van der Waals surface area contributed by atoms with Crippen LogP contribution in [0, 0.1) is 0 Å². The van der Waals surface area contributed by atoms with Crippen molar-refractivity contribution in [2.45, 2.75) is 38.5 Å². The molecule has 92 valence electrons. The normalized spacial score (nSPS) is 18.6. The zero-order valence-electron chi connectivity index (χ0n) is 9.14. The van der Waals surface area contributed by atoms with Crippen LogP contribution in [0.3, 0.4) is 0 Å². The number of esters is 1. The first-order valence-corrected chi connectivity index (χ1v) is 6.13. The van der Waals surface area contributed by atoms with Crippen LogP contribution in [-0.4, -0.2) is 23.2 Å². The molecular formula is C9H15NO5S. The highest BCUT2D eigenvalue weighted by Crippen LogP contribution is 2.11. The minimum atomic E-state index is -1.73. The number of methoxy groups -OCH3 is 1. The van der Waals surface area contributed by atoms with Gasteiger partial charge < -0.3 is 8.92 Å². The molecule has 1 rings (SSSR count). The molecule has 0 aromatic rings. The summed E-state index contributed by atoms with van der Waals surface area (Å²) in [6.45, 7) is 0. The second-order valence-electron chi connectivity index (χ2n) is 3.34. The van der Waals surface area contributed by atoms with E-state index >= 15 is 0 Å². The van der Waals surface area contributed by atoms with Gasteiger partial charge in [0, 0.05) is 12.8 Å². The van der Waals surface area contributed by atoms with Gasteiger partial charge >= 0.3 is 17.3 Å². The smallest absolute Gasteiger partial charge is 0.440 e. The predicted octanol–water partition coefficient (Wildman–Crippen LogP) is 1.44. The molecular weight excluding hydrogens is 234 g/mol. The molecule has 0 spiro atoms. The van der Waals surface area contributed by atoms with E-state index in [1.807, 2.05) is 0 Å². The van der Waals surface area contributed by atoms with E-state index in [4.69, 9.17) is 4.18 Å². The number of ether oxygens (including phenoxy) is 1. The van der Waals surface area contributed by atoms with Crippen molar-refractivity contribution in [1.82, 2.24) is 0 Å². The Hall–Kier alpha value is -1.11. The molecule has 7 heteroatoms. The fourth-order valence-corrected chi connectivity index (χ4v) is 1.71. The van der Waals surface area contributed by atoms with E-state index in [1.165, 1.54) is 7.11 Å². The lowest BCUT2D eigenvalue weighted by Crippen LogP contribution is -2.00. The van der Waals surface area contributed by atoms with Crippen molar-refractivity contribution in [2.24, 2.45) is 5.16 Å². The average molecular weight is 249 g/mol. The molecule has 1 aliphatic heterocycles. The molecule has 0 saturated carbocycles. The molecule has 0 N–H and O–H groups in total. The third-order valence-electron chi connectivity index (χ3n) is 2.11. The SMILES string of the molecule is COC(=O)CCCCCCC1=NOS(=O)O1. The molecule has 0 aliphatic carbocycles. The summed E-state index contributed by atoms with van der Waals surface area (Å²) in [6, 6.07) is 0. The maximum Gasteiger partial charge on any atom is 0.440 e. The standard InChI is InChI=1S/C9H15NO5S/c1-13-9(11)7-5-3-2-4-6-8-10-15-16(12)14-8/h2-7H2,1H3. The molecule has 1 atom stereocenters. The van der Waals surface area contributed by atoms with Crippen molar-refractivity contribution < 1.29 is 22.2 Å². The predicted molar refractivity (Wildman–Crippen MR) is 57.5 cm³/mol. The Morgan fingerprint density at radius 3 is 2.75 bits per heavy atom. The Labute approximate surface area is 96.8 Å². The number of carbonyl (C=O) groups excluding carboxylic acids is 1. The van der Waals surface area contributed by atoms with E-state index in [0.717, 1.165) is 25.7 Å². The molecule has 0 radical (unpaired) electrons. The largest absolute Gasteiger partial charge is 0.469 e. The van der Waals surface area contributed by atoms with Crippen LogP contribution in [0.2, 0.25) is 0 Å². The number of unbranched alkanes of at least 4 members (excludes halogenated alkanes) is 3. The van der Waals surface area contributed by atoms with Crippen molar-refractivity contribution in [3.8, 4) is 0 Å². The summed E-state index contributed by atoms with van der Waals surface area (Å²) < 4.78 is 24.2. The monoisotopic (exact) mass is 249 g/mol. The number of hydrogen-bond acceptors (Lipinski definition) is 6. The molecule has 0 fully saturated rings. The Balaban J connectivity index is 1.92. The van der Waals surface area contributed by atoms with Crippen molar-refractivity contribution >= 4 is 23.2 Å². The molecule has 1 aliphatic rings. The number of carbonyl (C=O) groups is 1. The van der Waals surface area contributed by atoms with E-state index in [2.05, 4.69) is 14.2 Å². The van der Waals surface area contributed by atoms with Gasteiger partial charge in [-0.15, -0.1) is 0 Å². The number of oxime groups is 1. The van der Waals surface area contributed by atoms with Gasteiger partial charge in [-0.25, -0.2) is 0 Å². The molecule has 16 heavy (non-hydrogen) atoms. The molecule has 1 unspecified atom stereocenters. The maximum atomic E-state index is 10.8. The second-order valence-corrected chi connectivity index (χ2v) is 4.06. The lowest BCUT2D eigenvalue weighted by atomic mass is 10.1. The van der Waals surface area contributed by atoms with E-state index in [1.54, 1.807) is 0 Å². The number of hydrogen-bond donors (Lipinski definition) is 0. The molecule has 0 amide bonds. The van der Waals surface area contributed by atoms with E-state index in [-0.39, 0.29) is 5.97 Å². The van der Waals surface area contributed by atoms with Crippen LogP contribution in [0.1, 0.15) is 38.5 Å². The van der Waals surface area contributed by atoms with Crippen LogP contribution < -0.4 is 0 Å². The van der Waals surface area contributed by atoms with Gasteiger partial charge in [0.1, 0.15) is 0 Å². The summed E-state index contributed by atoms with van der Waals surface area (Å²) in [5, 5.41) is 3.50. The van der Waals surface area contributed by atoms with Gasteiger partial charge in [0.15, 0.2) is 0 Å². The Kier molecular flexibility index (Phi) is 5.84. The van der Waals surface area contributed by atoms with Gasteiger partial charge in [-0.3, -0.25) is 9.08 Å². The van der Waals surface area contributed by atoms with Crippen LogP contribution in [0.5, 0.6) is 0 Å². The second kappa shape index (κ2) is 7.21. The fraction of sp³-hybridized carbons (Fsp3) is 0.778. The van der Waals surface area contributed by atoms with Gasteiger partial charge in [-0.1, -0.05) is 12.8 Å². The zero-order chi connectivity index (χ0) is 11.8. The Bertz CT molecular complexity index is 292. The summed E-state index contributed by atoms with van der Waals surface area (Å²) in [6.07, 6.45) is 4.69. The Morgan fingerprint density at radius 1 is 1.38 bits per heavy atom. The first-order valence-electron chi connectivity index (χ1n) is 5.13. The summed E-state index contributed by atoms with van der Waals surface area (Å²) in [7, 11) is 1.39. The third-order valence-corrected chi connectivity index (χ3v) is 2.64. The number of nitrogens with zero attached hydrogens (tertiary/aromatic N) is 1. The first-order chi connectivity index (χ1) is 7.72. The highest BCUT2D eigenvalue weighted by atomic mass is 32.2. The van der Waals surface area contributed by atoms with Crippen LogP contribution in [-0.2, 0) is 29.4 Å². The minimum absolute atomic E-state index is 0.174. The molecule has 6 nitrogen and oxygen atoms in total. The van der Waals surface area contributed by atoms with E-state index in [9.17, 15) is 9.00 Å². The summed E-state index contributed by atoms with van der Waals surface area (Å²) in [5.41, 5.74) is 0. The van der Waals surface area contributed by atoms with Gasteiger partial charge in [-0.2, -0.15) is 4.21 Å². The van der Waals surface area contributed by atoms with Crippen LogP contribution >= 0.6 is 0 Å². The topological polar surface area (TPSA) is 74.2 Å². The lowest BCUT2D eigenvalue weighted by Gasteiger charge is -1.99. The van der Waals surface area contributed by atoms with Crippen molar-refractivity contribution in [2.75, 3.05) is 7.11 Å². The highest BCUT2D eigenvalue weighted by molar-refractivity contribution is 7.75. The fourth-order valence-electron chi connectivity index (χ4n) is 1.27. The maximum absolute atomic E-state index is 10.8. The summed E-state index contributed by atoms with van der Waals surface area (Å²) >= 11 is -1.73. The zero-order valence-corrected chi connectivity index (χ0v) is 9.96. The van der Waals surface area contributed by atoms with Crippen molar-refractivity contribution in [3.63, 3.8) is 0 Å². The van der Waals surface area contributed by atoms with Crippen LogP contribution in [0.4, 0.5) is 0 Å². The van der Waals surface area contributed by atoms with Crippen LogP contribution in [0.25, 0.3) is 0 Å². The van der Waals surface area contributed by atoms with Crippen molar-refractivity contribution in [1.29, 1.82) is 0 Å². The molecule has 0 saturated heterocycles. The van der Waals surface area contributed by atoms with Gasteiger partial charge in [-0.05, 0) is 18.0 Å². The van der Waals surface area contributed by atoms with Crippen LogP contribution in [0.15, 0.2) is 5.16 Å². The van der Waals surface area contributed by atoms with Crippen molar-refractivity contribution in [3.05, 3.63) is 0 Å². The van der Waals surface area contributed by atoms with Gasteiger partial charge in [0.2, 0.25) is 5.90 Å². The molecule has 0 bridgehead atoms. The van der Waals surface area contributed by atoms with E-state index in [0.29, 0.717) is 18.7 Å². The average Bonchev–Trinajstić information content (AvgIpc) is 2.69. The highest BCUT2D eigenvalue weighted by Gasteiger charge is 2.16. The van der Waals surface area contributed by atoms with E-state index < -0.39 is 11.4 Å².